The van der Waals surface area contributed by atoms with E-state index in [9.17, 15) is 19.2 Å². The van der Waals surface area contributed by atoms with E-state index in [1.165, 1.54) is 23.2 Å². The fourth-order valence-corrected chi connectivity index (χ4v) is 7.02. The molecule has 0 radical (unpaired) electrons. The van der Waals surface area contributed by atoms with Crippen LogP contribution < -0.4 is 21.3 Å². The number of fused-ring (bicyclic) bond motifs is 1. The molecule has 6 rings (SSSR count). The van der Waals surface area contributed by atoms with Crippen LogP contribution in [0.1, 0.15) is 61.0 Å². The van der Waals surface area contributed by atoms with Crippen LogP contribution in [0.15, 0.2) is 96.7 Å². The smallest absolute Gasteiger partial charge is 0.410 e. The SMILES string of the molecule is C=CC(=O)Nc1ccc(C(=O)Nc2cccc(Nc3c(F)c(SC4CCN(C(=O)OCc5ccc(NC(C)=O)cc5)CC4)nc4c(C(C)C)cnn34)c2)cc1. The highest BCUT2D eigenvalue weighted by atomic mass is 32.2. The highest BCUT2D eigenvalue weighted by Crippen LogP contribution is 2.36. The second-order valence-electron chi connectivity index (χ2n) is 13.2. The largest absolute Gasteiger partial charge is 0.445 e. The van der Waals surface area contributed by atoms with E-state index in [2.05, 4.69) is 32.9 Å². The van der Waals surface area contributed by atoms with Crippen molar-refractivity contribution in [2.24, 2.45) is 0 Å². The molecule has 0 bridgehead atoms. The molecule has 3 aromatic carbocycles. The molecule has 3 heterocycles. The Labute approximate surface area is 321 Å². The Bertz CT molecular complexity index is 2220. The molecular weight excluding hydrogens is 724 g/mol. The monoisotopic (exact) mass is 764 g/mol. The topological polar surface area (TPSA) is 159 Å². The van der Waals surface area contributed by atoms with Crippen molar-refractivity contribution in [1.82, 2.24) is 19.5 Å². The van der Waals surface area contributed by atoms with Gasteiger partial charge < -0.3 is 30.9 Å². The van der Waals surface area contributed by atoms with Crippen LogP contribution >= 0.6 is 11.8 Å². The summed E-state index contributed by atoms with van der Waals surface area (Å²) in [5.74, 6) is -1.27. The molecule has 1 fully saturated rings. The number of hydrogen-bond acceptors (Lipinski definition) is 9. The van der Waals surface area contributed by atoms with Crippen LogP contribution in [0.3, 0.4) is 0 Å². The third-order valence-corrected chi connectivity index (χ3v) is 10.1. The van der Waals surface area contributed by atoms with E-state index >= 15 is 4.39 Å². The molecule has 1 aliphatic heterocycles. The predicted octanol–water partition coefficient (Wildman–Crippen LogP) is 7.96. The first-order chi connectivity index (χ1) is 26.5. The van der Waals surface area contributed by atoms with Crippen LogP contribution in [-0.2, 0) is 20.9 Å². The van der Waals surface area contributed by atoms with Crippen molar-refractivity contribution in [3.63, 3.8) is 0 Å². The van der Waals surface area contributed by atoms with Crippen LogP contribution in [0.4, 0.5) is 37.8 Å². The minimum Gasteiger partial charge on any atom is -0.445 e. The summed E-state index contributed by atoms with van der Waals surface area (Å²) in [6.45, 7) is 9.91. The average molecular weight is 765 g/mol. The Kier molecular flexibility index (Phi) is 12.1. The van der Waals surface area contributed by atoms with Gasteiger partial charge in [0.05, 0.1) is 6.20 Å². The van der Waals surface area contributed by atoms with E-state index in [-0.39, 0.29) is 46.3 Å². The number of carbonyl (C=O) groups is 4. The molecule has 0 atom stereocenters. The fourth-order valence-electron chi connectivity index (χ4n) is 5.91. The van der Waals surface area contributed by atoms with Gasteiger partial charge in [-0.15, -0.1) is 0 Å². The molecule has 0 saturated carbocycles. The van der Waals surface area contributed by atoms with Gasteiger partial charge in [-0.05, 0) is 85.0 Å². The first kappa shape index (κ1) is 38.5. The van der Waals surface area contributed by atoms with Gasteiger partial charge in [0.1, 0.15) is 11.6 Å². The number of ether oxygens (including phenoxy) is 1. The number of benzene rings is 3. The van der Waals surface area contributed by atoms with Crippen LogP contribution in [0.2, 0.25) is 0 Å². The zero-order valence-electron chi connectivity index (χ0n) is 30.6. The molecule has 5 aromatic rings. The third kappa shape index (κ3) is 9.67. The van der Waals surface area contributed by atoms with E-state index in [0.29, 0.717) is 59.9 Å². The van der Waals surface area contributed by atoms with E-state index in [1.807, 2.05) is 13.8 Å². The Morgan fingerprint density at radius 2 is 1.62 bits per heavy atom. The summed E-state index contributed by atoms with van der Waals surface area (Å²) in [4.78, 5) is 55.1. The summed E-state index contributed by atoms with van der Waals surface area (Å²) >= 11 is 1.34. The molecule has 4 amide bonds. The highest BCUT2D eigenvalue weighted by molar-refractivity contribution is 7.99. The zero-order chi connectivity index (χ0) is 39.1. The molecule has 13 nitrogen and oxygen atoms in total. The number of rotatable bonds is 12. The summed E-state index contributed by atoms with van der Waals surface area (Å²) in [5.41, 5.74) is 4.76. The number of carbonyl (C=O) groups excluding carboxylic acids is 4. The standard InChI is InChI=1S/C40H41FN8O5S/c1-5-34(51)44-29-15-11-27(12-16-29)38(52)46-31-8-6-7-30(21-31)45-37-35(41)39(47-36-33(24(2)3)22-42-49(36)37)55-32-17-19-48(20-18-32)40(53)54-23-26-9-13-28(14-10-26)43-25(4)50/h5-16,21-22,24,32,45H,1,17-20,23H2,2-4H3,(H,43,50)(H,44,51)(H,46,52). The van der Waals surface area contributed by atoms with Crippen molar-refractivity contribution in [2.45, 2.75) is 56.4 Å². The van der Waals surface area contributed by atoms with Gasteiger partial charge in [0.15, 0.2) is 17.3 Å². The molecule has 1 aliphatic rings. The van der Waals surface area contributed by atoms with Gasteiger partial charge >= 0.3 is 6.09 Å². The van der Waals surface area contributed by atoms with Gasteiger partial charge in [0.25, 0.3) is 5.91 Å². The Balaban J connectivity index is 1.12. The Hall–Kier alpha value is -6.22. The van der Waals surface area contributed by atoms with Gasteiger partial charge in [-0.2, -0.15) is 14.0 Å². The first-order valence-corrected chi connectivity index (χ1v) is 18.6. The van der Waals surface area contributed by atoms with Crippen LogP contribution in [0.5, 0.6) is 0 Å². The summed E-state index contributed by atoms with van der Waals surface area (Å²) in [6, 6.07) is 20.4. The molecular formula is C40H41FN8O5S. The van der Waals surface area contributed by atoms with Crippen molar-refractivity contribution < 1.29 is 28.3 Å². The lowest BCUT2D eigenvalue weighted by molar-refractivity contribution is -0.114. The number of anilines is 5. The number of nitrogens with one attached hydrogen (secondary N) is 4. The molecule has 55 heavy (non-hydrogen) atoms. The van der Waals surface area contributed by atoms with Gasteiger partial charge in [0.2, 0.25) is 11.8 Å². The average Bonchev–Trinajstić information content (AvgIpc) is 3.60. The third-order valence-electron chi connectivity index (χ3n) is 8.81. The number of nitrogens with zero attached hydrogens (tertiary/aromatic N) is 4. The van der Waals surface area contributed by atoms with Crippen molar-refractivity contribution in [3.05, 3.63) is 114 Å². The number of aromatic nitrogens is 3. The normalized spacial score (nSPS) is 13.0. The van der Waals surface area contributed by atoms with Gasteiger partial charge in [-0.1, -0.05) is 50.4 Å². The maximum Gasteiger partial charge on any atom is 0.410 e. The number of halogens is 1. The van der Waals surface area contributed by atoms with E-state index in [4.69, 9.17) is 9.72 Å². The summed E-state index contributed by atoms with van der Waals surface area (Å²) < 4.78 is 23.5. The molecule has 0 spiro atoms. The van der Waals surface area contributed by atoms with Crippen molar-refractivity contribution in [2.75, 3.05) is 34.4 Å². The molecule has 0 unspecified atom stereocenters. The predicted molar refractivity (Wildman–Crippen MR) is 211 cm³/mol. The quantitative estimate of drug-likeness (QED) is 0.0730. The van der Waals surface area contributed by atoms with Crippen molar-refractivity contribution in [3.8, 4) is 0 Å². The molecule has 1 saturated heterocycles. The van der Waals surface area contributed by atoms with E-state index < -0.39 is 11.9 Å². The number of likely N-dealkylation sites (tertiary alicyclic amines) is 1. The number of piperidine rings is 1. The number of hydrogen-bond donors (Lipinski definition) is 4. The van der Waals surface area contributed by atoms with Gasteiger partial charge in [0, 0.05) is 59.1 Å². The zero-order valence-corrected chi connectivity index (χ0v) is 31.4. The van der Waals surface area contributed by atoms with Crippen LogP contribution in [0.25, 0.3) is 5.65 Å². The Morgan fingerprint density at radius 1 is 0.945 bits per heavy atom. The maximum absolute atomic E-state index is 16.5. The molecule has 2 aromatic heterocycles. The fraction of sp³-hybridized carbons (Fsp3) is 0.250. The summed E-state index contributed by atoms with van der Waals surface area (Å²) in [7, 11) is 0. The molecule has 15 heteroatoms. The van der Waals surface area contributed by atoms with Crippen molar-refractivity contribution in [1.29, 1.82) is 0 Å². The minimum atomic E-state index is -0.569. The maximum atomic E-state index is 16.5. The highest BCUT2D eigenvalue weighted by Gasteiger charge is 2.28. The number of amides is 4. The summed E-state index contributed by atoms with van der Waals surface area (Å²) in [5, 5.41) is 16.1. The van der Waals surface area contributed by atoms with Gasteiger partial charge in [-0.3, -0.25) is 14.4 Å². The minimum absolute atomic E-state index is 0.000969. The van der Waals surface area contributed by atoms with E-state index in [0.717, 1.165) is 17.2 Å². The van der Waals surface area contributed by atoms with Gasteiger partial charge in [-0.25, -0.2) is 9.78 Å². The lowest BCUT2D eigenvalue weighted by Crippen LogP contribution is -2.39. The molecule has 284 valence electrons. The first-order valence-electron chi connectivity index (χ1n) is 17.7. The van der Waals surface area contributed by atoms with Crippen LogP contribution in [-0.4, -0.2) is 61.7 Å². The van der Waals surface area contributed by atoms with Crippen LogP contribution in [0, 0.1) is 5.82 Å². The molecule has 0 aliphatic carbocycles. The summed E-state index contributed by atoms with van der Waals surface area (Å²) in [6.07, 6.45) is 3.67. The lowest BCUT2D eigenvalue weighted by atomic mass is 10.1. The number of thioether (sulfide) groups is 1. The van der Waals surface area contributed by atoms with Crippen molar-refractivity contribution >= 4 is 69.8 Å². The molecule has 4 N–H and O–H groups in total. The second-order valence-corrected chi connectivity index (χ2v) is 14.5. The van der Waals surface area contributed by atoms with E-state index in [1.54, 1.807) is 83.9 Å². The lowest BCUT2D eigenvalue weighted by Gasteiger charge is -2.31. The Morgan fingerprint density at radius 3 is 2.29 bits per heavy atom. The second kappa shape index (κ2) is 17.3.